The average molecular weight is 781 g/mol. The van der Waals surface area contributed by atoms with Crippen LogP contribution in [-0.2, 0) is 41.6 Å². The summed E-state index contributed by atoms with van der Waals surface area (Å²) in [6, 6.07) is 15.4. The minimum atomic E-state index is -1.69. The molecule has 13 N–H and O–H groups in total. The van der Waals surface area contributed by atoms with Crippen LogP contribution in [0.3, 0.4) is 0 Å². The molecule has 1 aromatic heterocycles. The zero-order valence-corrected chi connectivity index (χ0v) is 30.7. The van der Waals surface area contributed by atoms with Gasteiger partial charge in [0.15, 0.2) is 5.96 Å². The summed E-state index contributed by atoms with van der Waals surface area (Å²) in [5, 5.41) is 22.9. The molecule has 0 radical (unpaired) electrons. The van der Waals surface area contributed by atoms with Gasteiger partial charge < -0.3 is 53.9 Å². The standard InChI is InChI=1S/C39H44N10O8/c40-34(53)28-17-24-19-44-33-25(8-4-9-26(24)33)22-11-13-23(14-12-22)35(54)47-27(10-5-15-43-39(41)42)36(55)45-20-31(50)46-30(18-32(51)52)38(57)49-29(37(56)48-28)16-21-6-2-1-3-7-21/h1-4,6-9,11-14,19,27-30,44H,5,10,15-18,20H2,(H2,40,53)(H,45,55)(H,46,50)(H,47,54)(H,48,56)(H,49,57)(H,51,52)(H4,41,42,43)/t27-,28-,29+,30-/m0/s1. The molecule has 57 heavy (non-hydrogen) atoms. The number of fused-ring (bicyclic) bond motifs is 17. The lowest BCUT2D eigenvalue weighted by Crippen LogP contribution is -2.58. The Morgan fingerprint density at radius 1 is 0.754 bits per heavy atom. The SMILES string of the molecule is NC(=O)[C@@H]1Cc2c[nH]c3c(cccc23)-c2ccc(cc2)C(=O)N[C@@H](CCCN=C(N)N)C(=O)NCC(=O)N[C@@H](CC(=O)O)C(=O)N[C@H](Cc2ccccc2)C(=O)N1. The highest BCUT2D eigenvalue weighted by Gasteiger charge is 2.31. The second-order valence-corrected chi connectivity index (χ2v) is 13.4. The van der Waals surface area contributed by atoms with Gasteiger partial charge >= 0.3 is 5.97 Å². The first-order chi connectivity index (χ1) is 27.3. The van der Waals surface area contributed by atoms with Gasteiger partial charge in [-0.1, -0.05) is 60.7 Å². The highest BCUT2D eigenvalue weighted by molar-refractivity contribution is 6.01. The van der Waals surface area contributed by atoms with Crippen LogP contribution in [0.1, 0.15) is 40.7 Å². The van der Waals surface area contributed by atoms with Crippen molar-refractivity contribution in [3.05, 3.63) is 95.7 Å². The molecule has 0 spiro atoms. The number of primary amides is 1. The lowest BCUT2D eigenvalue weighted by molar-refractivity contribution is -0.141. The molecule has 2 aliphatic rings. The van der Waals surface area contributed by atoms with Crippen LogP contribution in [0.4, 0.5) is 0 Å². The van der Waals surface area contributed by atoms with Gasteiger partial charge in [0.25, 0.3) is 5.91 Å². The third-order valence-electron chi connectivity index (χ3n) is 9.28. The van der Waals surface area contributed by atoms with Crippen molar-refractivity contribution in [1.29, 1.82) is 0 Å². The number of hydrogen-bond donors (Lipinski definition) is 10. The van der Waals surface area contributed by atoms with Gasteiger partial charge in [-0.05, 0) is 41.7 Å². The molecule has 6 amide bonds. The molecule has 3 heterocycles. The molecule has 4 atom stereocenters. The van der Waals surface area contributed by atoms with E-state index < -0.39 is 78.5 Å². The Labute approximate surface area is 326 Å². The van der Waals surface area contributed by atoms with Gasteiger partial charge in [0.2, 0.25) is 29.5 Å². The number of hydrogen-bond acceptors (Lipinski definition) is 8. The number of carbonyl (C=O) groups is 7. The Bertz CT molecular complexity index is 2170. The minimum Gasteiger partial charge on any atom is -0.481 e. The van der Waals surface area contributed by atoms with Crippen LogP contribution >= 0.6 is 0 Å². The number of nitrogens with zero attached hydrogens (tertiary/aromatic N) is 1. The normalized spacial score (nSPS) is 19.7. The first-order valence-corrected chi connectivity index (χ1v) is 18.1. The third kappa shape index (κ3) is 11.2. The summed E-state index contributed by atoms with van der Waals surface area (Å²) in [5.41, 5.74) is 20.4. The predicted molar refractivity (Wildman–Crippen MR) is 209 cm³/mol. The molecule has 0 saturated carbocycles. The Balaban J connectivity index is 1.51. The van der Waals surface area contributed by atoms with Gasteiger partial charge in [-0.15, -0.1) is 0 Å². The van der Waals surface area contributed by atoms with Crippen molar-refractivity contribution < 1.29 is 38.7 Å². The summed E-state index contributed by atoms with van der Waals surface area (Å²) in [6.07, 6.45) is 1.09. The summed E-state index contributed by atoms with van der Waals surface area (Å²) >= 11 is 0. The van der Waals surface area contributed by atoms with E-state index in [9.17, 15) is 38.7 Å². The van der Waals surface area contributed by atoms with Crippen LogP contribution in [0.5, 0.6) is 0 Å². The number of aliphatic imine (C=N–C) groups is 1. The number of aromatic nitrogens is 1. The lowest BCUT2D eigenvalue weighted by atomic mass is 9.98. The quantitative estimate of drug-likeness (QED) is 0.0442. The number of carboxylic acid groups (broad SMARTS) is 1. The Kier molecular flexibility index (Phi) is 13.6. The van der Waals surface area contributed by atoms with E-state index >= 15 is 0 Å². The number of nitrogens with two attached hydrogens (primary N) is 3. The summed E-state index contributed by atoms with van der Waals surface area (Å²) in [6.45, 7) is -0.543. The first kappa shape index (κ1) is 40.9. The van der Waals surface area contributed by atoms with Crippen molar-refractivity contribution in [1.82, 2.24) is 31.6 Å². The molecule has 18 heteroatoms. The molecule has 6 bridgehead atoms. The second kappa shape index (κ2) is 18.9. The lowest BCUT2D eigenvalue weighted by Gasteiger charge is -2.25. The largest absolute Gasteiger partial charge is 0.481 e. The zero-order valence-electron chi connectivity index (χ0n) is 30.7. The number of carbonyl (C=O) groups excluding carboxylic acids is 6. The molecule has 0 aliphatic carbocycles. The number of para-hydroxylation sites is 1. The summed E-state index contributed by atoms with van der Waals surface area (Å²) < 4.78 is 0. The highest BCUT2D eigenvalue weighted by atomic mass is 16.4. The summed E-state index contributed by atoms with van der Waals surface area (Å²) in [5.74, 6) is -6.49. The van der Waals surface area contributed by atoms with Crippen molar-refractivity contribution in [3.8, 4) is 11.1 Å². The van der Waals surface area contributed by atoms with Crippen LogP contribution in [0, 0.1) is 0 Å². The summed E-state index contributed by atoms with van der Waals surface area (Å²) in [7, 11) is 0. The van der Waals surface area contributed by atoms with E-state index in [0.717, 1.165) is 16.5 Å². The summed E-state index contributed by atoms with van der Waals surface area (Å²) in [4.78, 5) is 99.1. The predicted octanol–water partition coefficient (Wildman–Crippen LogP) is -0.684. The van der Waals surface area contributed by atoms with Crippen LogP contribution in [0.25, 0.3) is 22.0 Å². The average Bonchev–Trinajstić information content (AvgIpc) is 3.59. The first-order valence-electron chi connectivity index (χ1n) is 18.1. The van der Waals surface area contributed by atoms with Gasteiger partial charge in [0.05, 0.1) is 18.5 Å². The van der Waals surface area contributed by atoms with Crippen molar-refractivity contribution in [2.75, 3.05) is 13.1 Å². The number of benzene rings is 3. The number of guanidine groups is 1. The van der Waals surface area contributed by atoms with Crippen LogP contribution < -0.4 is 43.8 Å². The van der Waals surface area contributed by atoms with E-state index in [4.69, 9.17) is 17.2 Å². The molecule has 18 nitrogen and oxygen atoms in total. The fourth-order valence-electron chi connectivity index (χ4n) is 6.40. The highest BCUT2D eigenvalue weighted by Crippen LogP contribution is 2.30. The van der Waals surface area contributed by atoms with Crippen LogP contribution in [-0.4, -0.2) is 94.7 Å². The van der Waals surface area contributed by atoms with Crippen molar-refractivity contribution in [2.45, 2.75) is 56.3 Å². The molecule has 6 rings (SSSR count). The Morgan fingerprint density at radius 3 is 2.14 bits per heavy atom. The Hall–Kier alpha value is -7.24. The Morgan fingerprint density at radius 2 is 1.46 bits per heavy atom. The molecule has 3 aromatic carbocycles. The molecule has 4 aromatic rings. The van der Waals surface area contributed by atoms with Crippen molar-refractivity contribution >= 4 is 58.3 Å². The van der Waals surface area contributed by atoms with E-state index in [1.54, 1.807) is 60.8 Å². The smallest absolute Gasteiger partial charge is 0.305 e. The monoisotopic (exact) mass is 780 g/mol. The molecule has 0 unspecified atom stereocenters. The fraction of sp³-hybridized carbons (Fsp3) is 0.282. The molecular formula is C39H44N10O8. The van der Waals surface area contributed by atoms with E-state index in [1.165, 1.54) is 0 Å². The maximum atomic E-state index is 13.9. The number of aliphatic carboxylic acids is 1. The molecule has 2 aliphatic heterocycles. The molecule has 0 fully saturated rings. The van der Waals surface area contributed by atoms with Crippen molar-refractivity contribution in [3.63, 3.8) is 0 Å². The van der Waals surface area contributed by atoms with Gasteiger partial charge in [-0.3, -0.25) is 38.6 Å². The minimum absolute atomic E-state index is 0.0216. The third-order valence-corrected chi connectivity index (χ3v) is 9.28. The van der Waals surface area contributed by atoms with E-state index in [0.29, 0.717) is 16.6 Å². The second-order valence-electron chi connectivity index (χ2n) is 13.4. The number of rotatable bonds is 9. The van der Waals surface area contributed by atoms with Crippen molar-refractivity contribution in [2.24, 2.45) is 22.2 Å². The number of carboxylic acids is 1. The maximum absolute atomic E-state index is 13.9. The fourth-order valence-corrected chi connectivity index (χ4v) is 6.40. The van der Waals surface area contributed by atoms with E-state index in [-0.39, 0.29) is 43.8 Å². The van der Waals surface area contributed by atoms with Gasteiger partial charge in [0.1, 0.15) is 24.2 Å². The van der Waals surface area contributed by atoms with Gasteiger partial charge in [-0.2, -0.15) is 0 Å². The number of nitrogens with one attached hydrogen (secondary N) is 6. The van der Waals surface area contributed by atoms with E-state index in [2.05, 4.69) is 36.6 Å². The maximum Gasteiger partial charge on any atom is 0.305 e. The number of amides is 6. The van der Waals surface area contributed by atoms with Crippen LogP contribution in [0.15, 0.2) is 84.0 Å². The van der Waals surface area contributed by atoms with Gasteiger partial charge in [-0.25, -0.2) is 0 Å². The number of aromatic amines is 1. The van der Waals surface area contributed by atoms with Gasteiger partial charge in [0, 0.05) is 42.1 Å². The van der Waals surface area contributed by atoms with E-state index in [1.807, 2.05) is 18.2 Å². The molecular weight excluding hydrogens is 736 g/mol. The zero-order chi connectivity index (χ0) is 41.1. The molecule has 0 saturated heterocycles. The topological polar surface area (TPSA) is 306 Å². The van der Waals surface area contributed by atoms with Crippen LogP contribution in [0.2, 0.25) is 0 Å². The molecule has 298 valence electrons. The number of H-pyrrole nitrogens is 1.